The third kappa shape index (κ3) is 3.02. The van der Waals surface area contributed by atoms with Crippen molar-refractivity contribution in [1.29, 1.82) is 0 Å². The van der Waals surface area contributed by atoms with Gasteiger partial charge < -0.3 is 30.2 Å². The maximum absolute atomic E-state index is 12.1. The predicted molar refractivity (Wildman–Crippen MR) is 79.3 cm³/mol. The van der Waals surface area contributed by atoms with Gasteiger partial charge in [-0.15, -0.1) is 0 Å². The highest BCUT2D eigenvalue weighted by Gasteiger charge is 2.15. The topological polar surface area (TPSA) is 98.6 Å². The van der Waals surface area contributed by atoms with E-state index >= 15 is 0 Å². The summed E-state index contributed by atoms with van der Waals surface area (Å²) in [6.45, 7) is 0. The van der Waals surface area contributed by atoms with Crippen LogP contribution in [0, 0.1) is 0 Å². The molecule has 0 fully saturated rings. The summed E-state index contributed by atoms with van der Waals surface area (Å²) in [6.07, 6.45) is 1.55. The van der Waals surface area contributed by atoms with E-state index in [2.05, 4.69) is 10.3 Å². The van der Waals surface area contributed by atoms with Crippen molar-refractivity contribution in [2.45, 2.75) is 0 Å². The summed E-state index contributed by atoms with van der Waals surface area (Å²) in [5.74, 6) is 1.05. The van der Waals surface area contributed by atoms with Crippen molar-refractivity contribution in [3.63, 3.8) is 0 Å². The van der Waals surface area contributed by atoms with Crippen molar-refractivity contribution in [3.05, 3.63) is 30.1 Å². The number of hydrogen-bond donors (Lipinski definition) is 3. The van der Waals surface area contributed by atoms with Crippen LogP contribution >= 0.6 is 0 Å². The van der Waals surface area contributed by atoms with Gasteiger partial charge in [0.25, 0.3) is 5.91 Å². The summed E-state index contributed by atoms with van der Waals surface area (Å²) < 4.78 is 15.7. The number of rotatable bonds is 5. The van der Waals surface area contributed by atoms with Crippen molar-refractivity contribution >= 4 is 17.3 Å². The Bertz CT molecular complexity index is 626. The highest BCUT2D eigenvalue weighted by molar-refractivity contribution is 6.03. The number of carbonyl (C=O) groups is 1. The van der Waals surface area contributed by atoms with E-state index in [1.165, 1.54) is 21.3 Å². The molecule has 112 valence electrons. The van der Waals surface area contributed by atoms with Crippen molar-refractivity contribution in [2.75, 3.05) is 32.4 Å². The van der Waals surface area contributed by atoms with E-state index in [-0.39, 0.29) is 5.91 Å². The summed E-state index contributed by atoms with van der Waals surface area (Å²) in [6, 6.07) is 4.84. The molecule has 0 aliphatic heterocycles. The van der Waals surface area contributed by atoms with Gasteiger partial charge in [-0.2, -0.15) is 0 Å². The van der Waals surface area contributed by atoms with Gasteiger partial charge in [0.2, 0.25) is 5.75 Å². The van der Waals surface area contributed by atoms with Crippen LogP contribution < -0.4 is 25.3 Å². The van der Waals surface area contributed by atoms with Crippen LogP contribution in [0.5, 0.6) is 17.2 Å². The van der Waals surface area contributed by atoms with Crippen LogP contribution in [0.1, 0.15) is 10.5 Å². The Balaban J connectivity index is 2.29. The number of benzene rings is 1. The quantitative estimate of drug-likeness (QED) is 0.781. The Morgan fingerprint density at radius 1 is 1.10 bits per heavy atom. The van der Waals surface area contributed by atoms with Gasteiger partial charge in [-0.3, -0.25) is 4.79 Å². The van der Waals surface area contributed by atoms with E-state index in [1.54, 1.807) is 24.4 Å². The first-order chi connectivity index (χ1) is 10.1. The minimum Gasteiger partial charge on any atom is -0.493 e. The number of anilines is 2. The highest BCUT2D eigenvalue weighted by atomic mass is 16.5. The second-order valence-corrected chi connectivity index (χ2v) is 4.21. The van der Waals surface area contributed by atoms with Crippen molar-refractivity contribution in [3.8, 4) is 17.2 Å². The van der Waals surface area contributed by atoms with Crippen LogP contribution in [0.15, 0.2) is 24.4 Å². The van der Waals surface area contributed by atoms with Crippen LogP contribution in [0.4, 0.5) is 11.4 Å². The van der Waals surface area contributed by atoms with Gasteiger partial charge in [0, 0.05) is 29.7 Å². The fourth-order valence-electron chi connectivity index (χ4n) is 1.89. The first kappa shape index (κ1) is 14.6. The standard InChI is InChI=1S/C14H17N3O4/c1-19-11-5-9(6-12(20-2)13(11)21-3)17-14(18)10-4-8(15)7-16-10/h4-7,16H,15H2,1-3H3,(H,17,18). The number of aromatic amines is 1. The van der Waals surface area contributed by atoms with E-state index in [9.17, 15) is 4.79 Å². The second kappa shape index (κ2) is 6.08. The van der Waals surface area contributed by atoms with Gasteiger partial charge in [-0.05, 0) is 6.07 Å². The van der Waals surface area contributed by atoms with Crippen LogP contribution in [-0.4, -0.2) is 32.2 Å². The Kier molecular flexibility index (Phi) is 4.22. The predicted octanol–water partition coefficient (Wildman–Crippen LogP) is 1.87. The third-order valence-corrected chi connectivity index (χ3v) is 2.87. The SMILES string of the molecule is COc1cc(NC(=O)c2cc(N)c[nH]2)cc(OC)c1OC. The molecule has 1 aromatic heterocycles. The normalized spacial score (nSPS) is 10.0. The molecule has 21 heavy (non-hydrogen) atoms. The van der Waals surface area contributed by atoms with Gasteiger partial charge in [0.05, 0.1) is 21.3 Å². The molecule has 7 heteroatoms. The number of aromatic nitrogens is 1. The number of hydrogen-bond acceptors (Lipinski definition) is 5. The Morgan fingerprint density at radius 3 is 2.14 bits per heavy atom. The molecule has 4 N–H and O–H groups in total. The lowest BCUT2D eigenvalue weighted by Crippen LogP contribution is -2.12. The molecule has 0 aliphatic rings. The van der Waals surface area contributed by atoms with Crippen molar-refractivity contribution in [2.24, 2.45) is 0 Å². The molecule has 0 saturated heterocycles. The van der Waals surface area contributed by atoms with E-state index in [4.69, 9.17) is 19.9 Å². The number of methoxy groups -OCH3 is 3. The van der Waals surface area contributed by atoms with Gasteiger partial charge in [0.1, 0.15) is 5.69 Å². The molecule has 0 saturated carbocycles. The van der Waals surface area contributed by atoms with Gasteiger partial charge in [0.15, 0.2) is 11.5 Å². The average molecular weight is 291 g/mol. The number of H-pyrrole nitrogens is 1. The van der Waals surface area contributed by atoms with Crippen LogP contribution in [0.2, 0.25) is 0 Å². The maximum atomic E-state index is 12.1. The highest BCUT2D eigenvalue weighted by Crippen LogP contribution is 2.39. The molecular weight excluding hydrogens is 274 g/mol. The number of nitrogens with one attached hydrogen (secondary N) is 2. The van der Waals surface area contributed by atoms with E-state index in [0.717, 1.165) is 0 Å². The number of amides is 1. The molecule has 0 atom stereocenters. The minimum atomic E-state index is -0.319. The molecule has 2 aromatic rings. The molecule has 0 aliphatic carbocycles. The summed E-state index contributed by atoms with van der Waals surface area (Å²) in [4.78, 5) is 14.9. The lowest BCUT2D eigenvalue weighted by molar-refractivity contribution is 0.102. The van der Waals surface area contributed by atoms with Gasteiger partial charge in [-0.1, -0.05) is 0 Å². The molecule has 2 rings (SSSR count). The molecule has 1 aromatic carbocycles. The van der Waals surface area contributed by atoms with E-state index in [0.29, 0.717) is 34.3 Å². The monoisotopic (exact) mass is 291 g/mol. The van der Waals surface area contributed by atoms with Crippen LogP contribution in [-0.2, 0) is 0 Å². The molecule has 1 amide bonds. The number of nitrogen functional groups attached to an aromatic ring is 1. The average Bonchev–Trinajstić information content (AvgIpc) is 2.92. The lowest BCUT2D eigenvalue weighted by Gasteiger charge is -2.14. The molecule has 0 spiro atoms. The first-order valence-corrected chi connectivity index (χ1v) is 6.14. The molecule has 0 radical (unpaired) electrons. The zero-order chi connectivity index (χ0) is 15.4. The summed E-state index contributed by atoms with van der Waals surface area (Å²) in [5.41, 5.74) is 6.94. The number of carbonyl (C=O) groups excluding carboxylic acids is 1. The second-order valence-electron chi connectivity index (χ2n) is 4.21. The zero-order valence-electron chi connectivity index (χ0n) is 12.0. The smallest absolute Gasteiger partial charge is 0.272 e. The first-order valence-electron chi connectivity index (χ1n) is 6.14. The molecule has 1 heterocycles. The number of nitrogens with two attached hydrogens (primary N) is 1. The Labute approximate surface area is 122 Å². The summed E-state index contributed by atoms with van der Waals surface area (Å²) in [7, 11) is 4.53. The molecule has 0 unspecified atom stereocenters. The minimum absolute atomic E-state index is 0.319. The molecule has 7 nitrogen and oxygen atoms in total. The Morgan fingerprint density at radius 2 is 1.71 bits per heavy atom. The Hall–Kier alpha value is -2.83. The van der Waals surface area contributed by atoms with Crippen molar-refractivity contribution in [1.82, 2.24) is 4.98 Å². The lowest BCUT2D eigenvalue weighted by atomic mass is 10.2. The number of ether oxygens (including phenoxy) is 3. The summed E-state index contributed by atoms with van der Waals surface area (Å²) >= 11 is 0. The van der Waals surface area contributed by atoms with Gasteiger partial charge >= 0.3 is 0 Å². The van der Waals surface area contributed by atoms with E-state index in [1.807, 2.05) is 0 Å². The molecule has 0 bridgehead atoms. The fraction of sp³-hybridized carbons (Fsp3) is 0.214. The van der Waals surface area contributed by atoms with Crippen molar-refractivity contribution < 1.29 is 19.0 Å². The molecular formula is C14H17N3O4. The van der Waals surface area contributed by atoms with Crippen LogP contribution in [0.25, 0.3) is 0 Å². The van der Waals surface area contributed by atoms with Crippen LogP contribution in [0.3, 0.4) is 0 Å². The largest absolute Gasteiger partial charge is 0.493 e. The maximum Gasteiger partial charge on any atom is 0.272 e. The fourth-order valence-corrected chi connectivity index (χ4v) is 1.89. The third-order valence-electron chi connectivity index (χ3n) is 2.87. The zero-order valence-corrected chi connectivity index (χ0v) is 12.0. The van der Waals surface area contributed by atoms with Gasteiger partial charge in [-0.25, -0.2) is 0 Å². The van der Waals surface area contributed by atoms with E-state index < -0.39 is 0 Å². The summed E-state index contributed by atoms with van der Waals surface area (Å²) in [5, 5.41) is 2.73.